The van der Waals surface area contributed by atoms with Crippen LogP contribution in [0.15, 0.2) is 12.7 Å². The number of hydrogen-bond donors (Lipinski definition) is 0. The molecule has 0 aliphatic heterocycles. The normalized spacial score (nSPS) is 9.91. The third kappa shape index (κ3) is 9.74. The van der Waals surface area contributed by atoms with E-state index in [4.69, 9.17) is 6.92 Å². The fraction of sp³-hybridized carbons (Fsp3) is 0.727. The lowest BCUT2D eigenvalue weighted by Crippen LogP contribution is -1.78. The quantitative estimate of drug-likeness (QED) is 0.364. The van der Waals surface area contributed by atoms with Gasteiger partial charge in [0, 0.05) is 0 Å². The molecule has 0 aliphatic rings. The molecule has 0 heterocycles. The van der Waals surface area contributed by atoms with E-state index in [1.54, 1.807) is 0 Å². The predicted octanol–water partition coefficient (Wildman–Crippen LogP) is 4.00. The van der Waals surface area contributed by atoms with E-state index >= 15 is 0 Å². The fourth-order valence-electron chi connectivity index (χ4n) is 1.14. The monoisotopic (exact) mass is 152 g/mol. The van der Waals surface area contributed by atoms with Crippen molar-refractivity contribution in [1.29, 1.82) is 0 Å². The molecule has 0 rings (SSSR count). The molecule has 0 aromatic rings. The van der Waals surface area contributed by atoms with Crippen LogP contribution in [0.1, 0.15) is 51.4 Å². The molecule has 0 saturated carbocycles. The number of rotatable bonds is 8. The van der Waals surface area contributed by atoms with Gasteiger partial charge in [0.1, 0.15) is 0 Å². The highest BCUT2D eigenvalue weighted by Crippen LogP contribution is 2.07. The van der Waals surface area contributed by atoms with Crippen LogP contribution in [0.4, 0.5) is 0 Å². The molecule has 0 heteroatoms. The van der Waals surface area contributed by atoms with Crippen molar-refractivity contribution in [3.05, 3.63) is 19.6 Å². The van der Waals surface area contributed by atoms with E-state index in [-0.39, 0.29) is 0 Å². The van der Waals surface area contributed by atoms with Crippen LogP contribution in [0.5, 0.6) is 0 Å². The SMILES string of the molecule is [CH]CCCCCCCCC=C. The summed E-state index contributed by atoms with van der Waals surface area (Å²) < 4.78 is 0. The second-order valence-electron chi connectivity index (χ2n) is 2.99. The van der Waals surface area contributed by atoms with Crippen LogP contribution < -0.4 is 0 Å². The van der Waals surface area contributed by atoms with Gasteiger partial charge in [-0.05, 0) is 26.2 Å². The molecule has 0 aromatic carbocycles. The van der Waals surface area contributed by atoms with Gasteiger partial charge in [-0.15, -0.1) is 6.58 Å². The highest BCUT2D eigenvalue weighted by molar-refractivity contribution is 4.65. The summed E-state index contributed by atoms with van der Waals surface area (Å²) in [5, 5.41) is 0. The fourth-order valence-corrected chi connectivity index (χ4v) is 1.14. The van der Waals surface area contributed by atoms with E-state index < -0.39 is 0 Å². The van der Waals surface area contributed by atoms with E-state index in [2.05, 4.69) is 6.58 Å². The van der Waals surface area contributed by atoms with Gasteiger partial charge >= 0.3 is 0 Å². The predicted molar refractivity (Wildman–Crippen MR) is 51.4 cm³/mol. The maximum absolute atomic E-state index is 5.38. The Morgan fingerprint density at radius 2 is 1.45 bits per heavy atom. The number of allylic oxidation sites excluding steroid dienone is 1. The first-order valence-corrected chi connectivity index (χ1v) is 4.72. The van der Waals surface area contributed by atoms with Crippen molar-refractivity contribution in [2.24, 2.45) is 0 Å². The first kappa shape index (κ1) is 10.7. The lowest BCUT2D eigenvalue weighted by molar-refractivity contribution is 0.600. The highest BCUT2D eigenvalue weighted by Gasteiger charge is 1.88. The van der Waals surface area contributed by atoms with Crippen LogP contribution in [0, 0.1) is 6.92 Å². The third-order valence-corrected chi connectivity index (χ3v) is 1.86. The summed E-state index contributed by atoms with van der Waals surface area (Å²) in [4.78, 5) is 0. The van der Waals surface area contributed by atoms with Crippen molar-refractivity contribution in [2.45, 2.75) is 51.4 Å². The standard InChI is InChI=1S/C11H20/c1-3-5-7-9-11-10-8-6-4-2/h1,4H,2-3,5-11H2. The van der Waals surface area contributed by atoms with Crippen molar-refractivity contribution < 1.29 is 0 Å². The van der Waals surface area contributed by atoms with E-state index in [1.165, 1.54) is 44.9 Å². The molecule has 2 radical (unpaired) electrons. The Labute approximate surface area is 71.7 Å². The Morgan fingerprint density at radius 1 is 0.909 bits per heavy atom. The van der Waals surface area contributed by atoms with E-state index in [0.717, 1.165) is 6.42 Å². The number of unbranched alkanes of at least 4 members (excludes halogenated alkanes) is 7. The van der Waals surface area contributed by atoms with Crippen molar-refractivity contribution in [2.75, 3.05) is 0 Å². The largest absolute Gasteiger partial charge is 0.103 e. The van der Waals surface area contributed by atoms with E-state index in [1.807, 2.05) is 6.08 Å². The maximum Gasteiger partial charge on any atom is -0.0352 e. The van der Waals surface area contributed by atoms with Gasteiger partial charge in [-0.2, -0.15) is 0 Å². The van der Waals surface area contributed by atoms with Crippen molar-refractivity contribution >= 4 is 0 Å². The molecule has 0 atom stereocenters. The second-order valence-corrected chi connectivity index (χ2v) is 2.99. The second kappa shape index (κ2) is 9.74. The average molecular weight is 152 g/mol. The van der Waals surface area contributed by atoms with Gasteiger partial charge in [-0.3, -0.25) is 0 Å². The lowest BCUT2D eigenvalue weighted by Gasteiger charge is -1.98. The zero-order chi connectivity index (χ0) is 8.36. The molecule has 0 saturated heterocycles. The van der Waals surface area contributed by atoms with Gasteiger partial charge in [0.2, 0.25) is 0 Å². The topological polar surface area (TPSA) is 0 Å². The molecule has 0 unspecified atom stereocenters. The zero-order valence-electron chi connectivity index (χ0n) is 7.52. The van der Waals surface area contributed by atoms with Crippen LogP contribution in [-0.2, 0) is 0 Å². The van der Waals surface area contributed by atoms with Crippen molar-refractivity contribution in [1.82, 2.24) is 0 Å². The Morgan fingerprint density at radius 3 is 2.00 bits per heavy atom. The molecular formula is C11H20. The van der Waals surface area contributed by atoms with Gasteiger partial charge in [0.15, 0.2) is 0 Å². The summed E-state index contributed by atoms with van der Waals surface area (Å²) in [6.45, 7) is 9.07. The molecular weight excluding hydrogens is 132 g/mol. The minimum absolute atomic E-state index is 0.854. The van der Waals surface area contributed by atoms with Crippen molar-refractivity contribution in [3.8, 4) is 0 Å². The first-order chi connectivity index (χ1) is 5.41. The lowest BCUT2D eigenvalue weighted by atomic mass is 10.1. The summed E-state index contributed by atoms with van der Waals surface area (Å²) in [5.41, 5.74) is 0. The zero-order valence-corrected chi connectivity index (χ0v) is 7.52. The summed E-state index contributed by atoms with van der Waals surface area (Å²) >= 11 is 0. The van der Waals surface area contributed by atoms with Gasteiger partial charge in [-0.1, -0.05) is 38.2 Å². The first-order valence-electron chi connectivity index (χ1n) is 4.72. The molecule has 0 spiro atoms. The van der Waals surface area contributed by atoms with Crippen molar-refractivity contribution in [3.63, 3.8) is 0 Å². The minimum Gasteiger partial charge on any atom is -0.103 e. The molecule has 0 bridgehead atoms. The molecule has 0 amide bonds. The van der Waals surface area contributed by atoms with Crippen LogP contribution in [-0.4, -0.2) is 0 Å². The molecule has 0 nitrogen and oxygen atoms in total. The Kier molecular flexibility index (Phi) is 9.51. The number of hydrogen-bond acceptors (Lipinski definition) is 0. The Hall–Kier alpha value is -0.260. The van der Waals surface area contributed by atoms with Gasteiger partial charge in [-0.25, -0.2) is 0 Å². The molecule has 0 N–H and O–H groups in total. The minimum atomic E-state index is 0.854. The smallest absolute Gasteiger partial charge is 0.0352 e. The summed E-state index contributed by atoms with van der Waals surface area (Å²) in [7, 11) is 0. The van der Waals surface area contributed by atoms with Gasteiger partial charge in [0.25, 0.3) is 0 Å². The van der Waals surface area contributed by atoms with Gasteiger partial charge < -0.3 is 0 Å². The molecule has 0 aliphatic carbocycles. The Balaban J connectivity index is 2.74. The molecule has 64 valence electrons. The van der Waals surface area contributed by atoms with E-state index in [0.29, 0.717) is 0 Å². The molecule has 0 aromatic heterocycles. The van der Waals surface area contributed by atoms with Crippen LogP contribution in [0.25, 0.3) is 0 Å². The third-order valence-electron chi connectivity index (χ3n) is 1.86. The summed E-state index contributed by atoms with van der Waals surface area (Å²) in [5.74, 6) is 0. The van der Waals surface area contributed by atoms with Gasteiger partial charge in [0.05, 0.1) is 0 Å². The molecule has 11 heavy (non-hydrogen) atoms. The molecule has 0 fully saturated rings. The summed E-state index contributed by atoms with van der Waals surface area (Å²) in [6.07, 6.45) is 11.9. The van der Waals surface area contributed by atoms with E-state index in [9.17, 15) is 0 Å². The van der Waals surface area contributed by atoms with Crippen LogP contribution in [0.2, 0.25) is 0 Å². The maximum atomic E-state index is 5.38. The highest BCUT2D eigenvalue weighted by atomic mass is 13.9. The van der Waals surface area contributed by atoms with Crippen LogP contribution >= 0.6 is 0 Å². The average Bonchev–Trinajstić information content (AvgIpc) is 2.03. The summed E-state index contributed by atoms with van der Waals surface area (Å²) in [6, 6.07) is 0. The van der Waals surface area contributed by atoms with Crippen LogP contribution in [0.3, 0.4) is 0 Å². The Bertz CT molecular complexity index is 74.1.